The summed E-state index contributed by atoms with van der Waals surface area (Å²) in [5, 5.41) is 5.22. The van der Waals surface area contributed by atoms with Crippen LogP contribution in [0.5, 0.6) is 0 Å². The second-order valence-electron chi connectivity index (χ2n) is 9.33. The molecular weight excluding hydrogens is 490 g/mol. The average molecular weight is 518 g/mol. The van der Waals surface area contributed by atoms with Gasteiger partial charge in [-0.05, 0) is 44.4 Å². The van der Waals surface area contributed by atoms with Crippen LogP contribution in [0.3, 0.4) is 0 Å². The number of aryl methyl sites for hydroxylation is 1. The minimum Gasteiger partial charge on any atom is -0.353 e. The van der Waals surface area contributed by atoms with Gasteiger partial charge in [0.05, 0.1) is 29.2 Å². The smallest absolute Gasteiger partial charge is 0.256 e. The number of halogens is 1. The summed E-state index contributed by atoms with van der Waals surface area (Å²) in [5.74, 6) is 0.641. The van der Waals surface area contributed by atoms with E-state index in [1.165, 1.54) is 12.1 Å². The zero-order valence-corrected chi connectivity index (χ0v) is 21.2. The summed E-state index contributed by atoms with van der Waals surface area (Å²) in [5.41, 5.74) is 8.76. The molecule has 3 N–H and O–H groups in total. The van der Waals surface area contributed by atoms with Crippen molar-refractivity contribution in [1.82, 2.24) is 19.5 Å². The Morgan fingerprint density at radius 2 is 1.97 bits per heavy atom. The summed E-state index contributed by atoms with van der Waals surface area (Å²) in [6.45, 7) is 3.99. The van der Waals surface area contributed by atoms with Crippen molar-refractivity contribution in [3.63, 3.8) is 0 Å². The fourth-order valence-corrected chi connectivity index (χ4v) is 5.55. The van der Waals surface area contributed by atoms with E-state index in [0.717, 1.165) is 61.5 Å². The number of benzene rings is 1. The quantitative estimate of drug-likeness (QED) is 0.532. The first-order chi connectivity index (χ1) is 16.6. The van der Waals surface area contributed by atoms with Crippen molar-refractivity contribution in [2.45, 2.75) is 38.3 Å². The minimum atomic E-state index is -3.58. The molecule has 12 heteroatoms. The van der Waals surface area contributed by atoms with Gasteiger partial charge in [0.1, 0.15) is 5.82 Å². The zero-order chi connectivity index (χ0) is 24.9. The third-order valence-electron chi connectivity index (χ3n) is 6.40. The molecule has 2 aliphatic heterocycles. The fraction of sp³-hybridized carbons (Fsp3) is 0.435. The first-order valence-electron chi connectivity index (χ1n) is 11.6. The van der Waals surface area contributed by atoms with E-state index in [1.54, 1.807) is 11.0 Å². The van der Waals surface area contributed by atoms with E-state index in [4.69, 9.17) is 22.4 Å². The molecule has 0 spiro atoms. The molecule has 10 nitrogen and oxygen atoms in total. The number of carbonyl (C=O) groups excluding carboxylic acids is 1. The predicted molar refractivity (Wildman–Crippen MR) is 135 cm³/mol. The van der Waals surface area contributed by atoms with Crippen LogP contribution in [0.4, 0.5) is 11.5 Å². The number of aromatic nitrogens is 3. The van der Waals surface area contributed by atoms with Crippen molar-refractivity contribution in [1.29, 1.82) is 0 Å². The molecule has 0 radical (unpaired) electrons. The molecular formula is C23H28ClN7O3S. The number of fused-ring (bicyclic) bond motifs is 1. The first kappa shape index (κ1) is 23.8. The number of nitrogens with two attached hydrogens (primary N) is 1. The molecule has 2 fully saturated rings. The Morgan fingerprint density at radius 3 is 2.69 bits per heavy atom. The number of nitrogens with one attached hydrogen (secondary N) is 1. The van der Waals surface area contributed by atoms with Gasteiger partial charge in [-0.25, -0.2) is 13.4 Å². The van der Waals surface area contributed by atoms with Crippen molar-refractivity contribution < 1.29 is 13.2 Å². The highest BCUT2D eigenvalue weighted by Gasteiger charge is 2.33. The van der Waals surface area contributed by atoms with Gasteiger partial charge in [-0.15, -0.1) is 0 Å². The maximum absolute atomic E-state index is 13.7. The van der Waals surface area contributed by atoms with Crippen molar-refractivity contribution in [3.05, 3.63) is 52.3 Å². The van der Waals surface area contributed by atoms with Gasteiger partial charge in [0.15, 0.2) is 5.65 Å². The van der Waals surface area contributed by atoms with Crippen LogP contribution < -0.4 is 15.4 Å². The molecule has 2 aromatic heterocycles. The number of amides is 1. The topological polar surface area (TPSA) is 126 Å². The molecule has 1 amide bonds. The van der Waals surface area contributed by atoms with Crippen molar-refractivity contribution >= 4 is 44.7 Å². The van der Waals surface area contributed by atoms with Crippen LogP contribution >= 0.6 is 11.6 Å². The lowest BCUT2D eigenvalue weighted by molar-refractivity contribution is 0.0607. The van der Waals surface area contributed by atoms with Gasteiger partial charge in [-0.2, -0.15) is 9.61 Å². The predicted octanol–water partition coefficient (Wildman–Crippen LogP) is 2.58. The van der Waals surface area contributed by atoms with Crippen LogP contribution in [-0.2, 0) is 10.0 Å². The molecule has 0 bridgehead atoms. The summed E-state index contributed by atoms with van der Waals surface area (Å²) in [4.78, 5) is 22.3. The zero-order valence-electron chi connectivity index (χ0n) is 19.6. The van der Waals surface area contributed by atoms with Gasteiger partial charge < -0.3 is 15.5 Å². The van der Waals surface area contributed by atoms with E-state index in [9.17, 15) is 13.2 Å². The van der Waals surface area contributed by atoms with Crippen molar-refractivity contribution in [2.75, 3.05) is 35.5 Å². The summed E-state index contributed by atoms with van der Waals surface area (Å²) in [6, 6.07) is 8.37. The molecule has 186 valence electrons. The van der Waals surface area contributed by atoms with E-state index >= 15 is 0 Å². The number of hydrogen-bond acceptors (Lipinski definition) is 7. The molecule has 4 heterocycles. The Balaban J connectivity index is 1.52. The molecule has 2 saturated heterocycles. The lowest BCUT2D eigenvalue weighted by Gasteiger charge is -2.38. The number of anilines is 2. The number of hydrogen-bond donors (Lipinski definition) is 2. The van der Waals surface area contributed by atoms with E-state index in [-0.39, 0.29) is 29.2 Å². The van der Waals surface area contributed by atoms with Crippen molar-refractivity contribution in [3.8, 4) is 0 Å². The number of likely N-dealkylation sites (tertiary alicyclic amines) is 1. The van der Waals surface area contributed by atoms with Gasteiger partial charge in [0.25, 0.3) is 5.91 Å². The molecule has 35 heavy (non-hydrogen) atoms. The molecule has 1 aromatic carbocycles. The summed E-state index contributed by atoms with van der Waals surface area (Å²) in [7, 11) is -3.58. The Hall–Kier alpha value is -2.89. The number of carbonyl (C=O) groups is 1. The lowest BCUT2D eigenvalue weighted by atomic mass is 9.98. The summed E-state index contributed by atoms with van der Waals surface area (Å²) in [6.07, 6.45) is 3.59. The highest BCUT2D eigenvalue weighted by atomic mass is 35.5. The van der Waals surface area contributed by atoms with Crippen LogP contribution in [0.1, 0.15) is 47.1 Å². The maximum Gasteiger partial charge on any atom is 0.256 e. The summed E-state index contributed by atoms with van der Waals surface area (Å²) < 4.78 is 28.0. The first-order valence-corrected chi connectivity index (χ1v) is 13.8. The second-order valence-corrected chi connectivity index (χ2v) is 11.5. The summed E-state index contributed by atoms with van der Waals surface area (Å²) >= 11 is 6.18. The molecule has 2 aliphatic rings. The highest BCUT2D eigenvalue weighted by Crippen LogP contribution is 2.35. The van der Waals surface area contributed by atoms with E-state index < -0.39 is 10.0 Å². The number of sulfonamides is 1. The van der Waals surface area contributed by atoms with E-state index in [1.807, 2.05) is 23.6 Å². The maximum atomic E-state index is 13.7. The van der Waals surface area contributed by atoms with Crippen LogP contribution in [0.25, 0.3) is 5.65 Å². The van der Waals surface area contributed by atoms with E-state index in [0.29, 0.717) is 11.6 Å². The average Bonchev–Trinajstić information content (AvgIpc) is 3.20. The third kappa shape index (κ3) is 4.80. The number of nitrogens with zero attached hydrogens (tertiary/aromatic N) is 5. The van der Waals surface area contributed by atoms with Gasteiger partial charge >= 0.3 is 0 Å². The second kappa shape index (κ2) is 8.96. The van der Waals surface area contributed by atoms with Crippen LogP contribution in [0, 0.1) is 6.92 Å². The third-order valence-corrected chi connectivity index (χ3v) is 7.23. The Kier molecular flexibility index (Phi) is 6.10. The Bertz CT molecular complexity index is 1400. The normalized spacial score (nSPS) is 19.1. The fourth-order valence-electron chi connectivity index (χ4n) is 4.80. The van der Waals surface area contributed by atoms with Crippen molar-refractivity contribution in [2.24, 2.45) is 5.73 Å². The van der Waals surface area contributed by atoms with E-state index in [2.05, 4.69) is 14.6 Å². The number of piperidine rings is 1. The Morgan fingerprint density at radius 1 is 1.20 bits per heavy atom. The molecule has 5 rings (SSSR count). The molecule has 1 atom stereocenters. The molecule has 3 aromatic rings. The number of rotatable bonds is 5. The minimum absolute atomic E-state index is 0.146. The molecule has 0 aliphatic carbocycles. The monoisotopic (exact) mass is 517 g/mol. The van der Waals surface area contributed by atoms with Gasteiger partial charge in [-0.1, -0.05) is 11.6 Å². The highest BCUT2D eigenvalue weighted by molar-refractivity contribution is 7.92. The SMILES string of the molecule is Cc1cc(N2CC(N)C2)n2nc([C@@H]3CCCCN3C(=O)c3cc(Cl)ccc3NS(C)(=O)=O)cc2n1. The van der Waals surface area contributed by atoms with Gasteiger partial charge in [-0.3, -0.25) is 9.52 Å². The van der Waals surface area contributed by atoms with Crippen LogP contribution in [0.2, 0.25) is 5.02 Å². The van der Waals surface area contributed by atoms with Gasteiger partial charge in [0.2, 0.25) is 10.0 Å². The van der Waals surface area contributed by atoms with Crippen LogP contribution in [0.15, 0.2) is 30.3 Å². The van der Waals surface area contributed by atoms with Crippen LogP contribution in [-0.4, -0.2) is 65.8 Å². The standard InChI is InChI=1S/C23H28ClN7O3S/c1-14-9-22(29-12-16(25)13-29)31-21(26-14)11-19(27-31)20-5-3-4-8-30(20)23(32)17-10-15(24)6-7-18(17)28-35(2,33)34/h6-7,9-11,16,20,28H,3-5,8,12-13,25H2,1-2H3/t20-/m0/s1. The largest absolute Gasteiger partial charge is 0.353 e. The van der Waals surface area contributed by atoms with Gasteiger partial charge in [0, 0.05) is 48.5 Å². The Labute approximate surface area is 209 Å². The lowest BCUT2D eigenvalue weighted by Crippen LogP contribution is -2.56. The molecule has 0 unspecified atom stereocenters. The molecule has 0 saturated carbocycles.